The van der Waals surface area contributed by atoms with Gasteiger partial charge < -0.3 is 4.74 Å². The summed E-state index contributed by atoms with van der Waals surface area (Å²) < 4.78 is 4.93. The molecule has 14 heavy (non-hydrogen) atoms. The van der Waals surface area contributed by atoms with Crippen LogP contribution in [-0.4, -0.2) is 17.8 Å². The molecule has 0 aliphatic heterocycles. The molecule has 0 unspecified atom stereocenters. The minimum absolute atomic E-state index is 0.337. The Hall–Kier alpha value is -0.570. The van der Waals surface area contributed by atoms with Gasteiger partial charge in [0.2, 0.25) is 5.24 Å². The van der Waals surface area contributed by atoms with Crippen LogP contribution < -0.4 is 0 Å². The van der Waals surface area contributed by atoms with E-state index in [2.05, 4.69) is 0 Å². The molecule has 0 radical (unpaired) electrons. The summed E-state index contributed by atoms with van der Waals surface area (Å²) >= 11 is 5.27. The molecule has 0 aliphatic carbocycles. The molecular weight excluding hydrogens is 204 g/mol. The van der Waals surface area contributed by atoms with E-state index < -0.39 is 16.6 Å². The zero-order valence-corrected chi connectivity index (χ0v) is 9.85. The molecule has 0 aliphatic rings. The largest absolute Gasteiger partial charge is 0.465 e. The van der Waals surface area contributed by atoms with E-state index in [0.29, 0.717) is 12.5 Å². The van der Waals surface area contributed by atoms with Crippen molar-refractivity contribution in [2.75, 3.05) is 6.61 Å². The monoisotopic (exact) mass is 220 g/mol. The van der Waals surface area contributed by atoms with E-state index in [1.165, 1.54) is 13.8 Å². The molecule has 0 aromatic rings. The number of hydrogen-bond acceptors (Lipinski definition) is 3. The highest BCUT2D eigenvalue weighted by molar-refractivity contribution is 6.66. The Morgan fingerprint density at radius 2 is 1.86 bits per heavy atom. The van der Waals surface area contributed by atoms with Crippen molar-refractivity contribution in [3.63, 3.8) is 0 Å². The van der Waals surface area contributed by atoms with Gasteiger partial charge in [-0.25, -0.2) is 0 Å². The summed E-state index contributed by atoms with van der Waals surface area (Å²) in [6.45, 7) is 7.32. The second-order valence-electron chi connectivity index (χ2n) is 4.22. The molecule has 82 valence electrons. The average Bonchev–Trinajstić information content (AvgIpc) is 2.02. The summed E-state index contributed by atoms with van der Waals surface area (Å²) in [5.41, 5.74) is -1.24. The van der Waals surface area contributed by atoms with Crippen molar-refractivity contribution in [1.29, 1.82) is 0 Å². The number of esters is 1. The minimum atomic E-state index is -1.24. The van der Waals surface area contributed by atoms with Gasteiger partial charge in [-0.2, -0.15) is 0 Å². The number of ether oxygens (including phenoxy) is 1. The number of rotatable bonds is 5. The van der Waals surface area contributed by atoms with E-state index in [-0.39, 0.29) is 0 Å². The van der Waals surface area contributed by atoms with Crippen LogP contribution in [0.4, 0.5) is 0 Å². The fraction of sp³-hybridized carbons (Fsp3) is 0.800. The number of halogens is 1. The van der Waals surface area contributed by atoms with Gasteiger partial charge in [-0.1, -0.05) is 13.8 Å². The lowest BCUT2D eigenvalue weighted by Crippen LogP contribution is -2.32. The molecule has 0 saturated carbocycles. The van der Waals surface area contributed by atoms with E-state index in [0.717, 1.165) is 6.42 Å². The van der Waals surface area contributed by atoms with E-state index in [1.807, 2.05) is 13.8 Å². The van der Waals surface area contributed by atoms with Gasteiger partial charge >= 0.3 is 5.97 Å². The van der Waals surface area contributed by atoms with Crippen molar-refractivity contribution in [2.45, 2.75) is 34.1 Å². The van der Waals surface area contributed by atoms with Gasteiger partial charge in [0.15, 0.2) is 0 Å². The quantitative estimate of drug-likeness (QED) is 0.406. The zero-order valence-electron chi connectivity index (χ0n) is 9.09. The summed E-state index contributed by atoms with van der Waals surface area (Å²) in [6, 6.07) is 0. The average molecular weight is 221 g/mol. The third-order valence-corrected chi connectivity index (χ3v) is 2.40. The van der Waals surface area contributed by atoms with Crippen LogP contribution in [0.5, 0.6) is 0 Å². The van der Waals surface area contributed by atoms with Crippen molar-refractivity contribution >= 4 is 22.8 Å². The highest BCUT2D eigenvalue weighted by atomic mass is 35.5. The molecule has 0 fully saturated rings. The maximum absolute atomic E-state index is 11.4. The van der Waals surface area contributed by atoms with Gasteiger partial charge in [0.25, 0.3) is 0 Å². The Balaban J connectivity index is 4.03. The summed E-state index contributed by atoms with van der Waals surface area (Å²) in [4.78, 5) is 22.2. The standard InChI is InChI=1S/C10H17ClO3/c1-7(2)5-6-14-9(13)10(3,4)8(11)12/h7H,5-6H2,1-4H3. The zero-order chi connectivity index (χ0) is 11.4. The molecule has 0 aromatic heterocycles. The fourth-order valence-electron chi connectivity index (χ4n) is 0.648. The second-order valence-corrected chi connectivity index (χ2v) is 4.56. The highest BCUT2D eigenvalue weighted by Crippen LogP contribution is 2.21. The lowest BCUT2D eigenvalue weighted by atomic mass is 9.96. The van der Waals surface area contributed by atoms with Crippen LogP contribution in [0.25, 0.3) is 0 Å². The first kappa shape index (κ1) is 13.4. The Bertz CT molecular complexity index is 221. The van der Waals surface area contributed by atoms with E-state index >= 15 is 0 Å². The summed E-state index contributed by atoms with van der Waals surface area (Å²) in [5.74, 6) is -0.0873. The van der Waals surface area contributed by atoms with Crippen LogP contribution in [-0.2, 0) is 14.3 Å². The summed E-state index contributed by atoms with van der Waals surface area (Å²) in [7, 11) is 0. The van der Waals surface area contributed by atoms with Crippen LogP contribution in [0.3, 0.4) is 0 Å². The minimum Gasteiger partial charge on any atom is -0.465 e. The maximum Gasteiger partial charge on any atom is 0.320 e. The normalized spacial score (nSPS) is 11.6. The van der Waals surface area contributed by atoms with Crippen LogP contribution in [0, 0.1) is 11.3 Å². The molecular formula is C10H17ClO3. The van der Waals surface area contributed by atoms with E-state index in [4.69, 9.17) is 16.3 Å². The van der Waals surface area contributed by atoms with Crippen LogP contribution in [0.15, 0.2) is 0 Å². The van der Waals surface area contributed by atoms with Gasteiger partial charge in [-0.15, -0.1) is 0 Å². The first-order chi connectivity index (χ1) is 6.28. The van der Waals surface area contributed by atoms with Crippen molar-refractivity contribution in [3.8, 4) is 0 Å². The van der Waals surface area contributed by atoms with E-state index in [1.54, 1.807) is 0 Å². The molecule has 0 rings (SSSR count). The maximum atomic E-state index is 11.4. The number of hydrogen-bond donors (Lipinski definition) is 0. The SMILES string of the molecule is CC(C)CCOC(=O)C(C)(C)C(=O)Cl. The van der Waals surface area contributed by atoms with Gasteiger partial charge in [0.05, 0.1) is 6.61 Å². The fourth-order valence-corrected chi connectivity index (χ4v) is 0.725. The number of carbonyl (C=O) groups excluding carboxylic acids is 2. The van der Waals surface area contributed by atoms with Crippen LogP contribution in [0.2, 0.25) is 0 Å². The predicted molar refractivity (Wildman–Crippen MR) is 55.1 cm³/mol. The molecule has 4 heteroatoms. The smallest absolute Gasteiger partial charge is 0.320 e. The summed E-state index contributed by atoms with van der Waals surface area (Å²) in [5, 5.41) is -0.688. The van der Waals surface area contributed by atoms with Crippen molar-refractivity contribution in [3.05, 3.63) is 0 Å². The lowest BCUT2D eigenvalue weighted by molar-refractivity contribution is -0.156. The van der Waals surface area contributed by atoms with Crippen LogP contribution >= 0.6 is 11.6 Å². The predicted octanol–water partition coefficient (Wildman–Crippen LogP) is 2.37. The van der Waals surface area contributed by atoms with Crippen molar-refractivity contribution in [2.24, 2.45) is 11.3 Å². The molecule has 0 heterocycles. The molecule has 0 N–H and O–H groups in total. The van der Waals surface area contributed by atoms with E-state index in [9.17, 15) is 9.59 Å². The summed E-state index contributed by atoms with van der Waals surface area (Å²) in [6.07, 6.45) is 0.790. The topological polar surface area (TPSA) is 43.4 Å². The first-order valence-electron chi connectivity index (χ1n) is 4.65. The first-order valence-corrected chi connectivity index (χ1v) is 5.03. The molecule has 0 bridgehead atoms. The molecule has 0 amide bonds. The van der Waals surface area contributed by atoms with Crippen LogP contribution in [0.1, 0.15) is 34.1 Å². The van der Waals surface area contributed by atoms with Gasteiger partial charge in [-0.3, -0.25) is 9.59 Å². The molecule has 3 nitrogen and oxygen atoms in total. The van der Waals surface area contributed by atoms with Gasteiger partial charge in [-0.05, 0) is 37.8 Å². The molecule has 0 saturated heterocycles. The van der Waals surface area contributed by atoms with Gasteiger partial charge in [0, 0.05) is 0 Å². The molecule has 0 spiro atoms. The molecule has 0 atom stereocenters. The van der Waals surface area contributed by atoms with Gasteiger partial charge in [0.1, 0.15) is 5.41 Å². The van der Waals surface area contributed by atoms with Crippen molar-refractivity contribution in [1.82, 2.24) is 0 Å². The Morgan fingerprint density at radius 1 is 1.36 bits per heavy atom. The highest BCUT2D eigenvalue weighted by Gasteiger charge is 2.36. The third-order valence-electron chi connectivity index (χ3n) is 1.93. The Kier molecular flexibility index (Phi) is 5.13. The Labute approximate surface area is 89.8 Å². The van der Waals surface area contributed by atoms with Crippen molar-refractivity contribution < 1.29 is 14.3 Å². The Morgan fingerprint density at radius 3 is 2.21 bits per heavy atom. The number of carbonyl (C=O) groups is 2. The molecule has 0 aromatic carbocycles. The third kappa shape index (κ3) is 4.09. The second kappa shape index (κ2) is 5.35. The lowest BCUT2D eigenvalue weighted by Gasteiger charge is -2.17.